The molecule has 7 heteroatoms. The highest BCUT2D eigenvalue weighted by Crippen LogP contribution is 2.36. The average molecular weight is 261 g/mol. The fourth-order valence-corrected chi connectivity index (χ4v) is 1.34. The van der Waals surface area contributed by atoms with Gasteiger partial charge in [0, 0.05) is 0 Å². The fourth-order valence-electron chi connectivity index (χ4n) is 1.34. The second-order valence-electron chi connectivity index (χ2n) is 3.16. The molecule has 0 aliphatic carbocycles. The van der Waals surface area contributed by atoms with Crippen molar-refractivity contribution in [3.05, 3.63) is 17.3 Å². The number of nitrogens with zero attached hydrogens (tertiary/aromatic N) is 1. The Morgan fingerprint density at radius 1 is 1.39 bits per heavy atom. The van der Waals surface area contributed by atoms with Gasteiger partial charge in [0.25, 0.3) is 12.3 Å². The average Bonchev–Trinajstić information content (AvgIpc) is 2.37. The van der Waals surface area contributed by atoms with Gasteiger partial charge in [0.15, 0.2) is 11.4 Å². The molecule has 0 saturated carbocycles. The number of aromatic nitrogens is 1. The smallest absolute Gasteiger partial charge is 0.357 e. The first kappa shape index (κ1) is 14.1. The van der Waals surface area contributed by atoms with Gasteiger partial charge in [-0.2, -0.15) is 0 Å². The molecule has 1 rings (SSSR count). The van der Waals surface area contributed by atoms with Crippen LogP contribution in [0.2, 0.25) is 0 Å². The zero-order chi connectivity index (χ0) is 13.7. The Balaban J connectivity index is 3.31. The number of alkyl halides is 2. The van der Waals surface area contributed by atoms with Gasteiger partial charge < -0.3 is 14.2 Å². The number of ether oxygens (including phenoxy) is 3. The minimum Gasteiger partial charge on any atom is -0.491 e. The van der Waals surface area contributed by atoms with E-state index in [2.05, 4.69) is 4.98 Å². The molecule has 0 aliphatic rings. The van der Waals surface area contributed by atoms with Gasteiger partial charge >= 0.3 is 5.97 Å². The van der Waals surface area contributed by atoms with Gasteiger partial charge in [-0.3, -0.25) is 0 Å². The lowest BCUT2D eigenvalue weighted by molar-refractivity contribution is 0.0517. The molecule has 0 atom stereocenters. The third-order valence-corrected chi connectivity index (χ3v) is 2.09. The van der Waals surface area contributed by atoms with Crippen LogP contribution in [0.25, 0.3) is 0 Å². The molecular formula is C11H13F2NO4. The fraction of sp³-hybridized carbons (Fsp3) is 0.455. The van der Waals surface area contributed by atoms with Gasteiger partial charge in [-0.15, -0.1) is 0 Å². The quantitative estimate of drug-likeness (QED) is 0.760. The van der Waals surface area contributed by atoms with Gasteiger partial charge in [-0.1, -0.05) is 0 Å². The highest BCUT2D eigenvalue weighted by Gasteiger charge is 2.23. The summed E-state index contributed by atoms with van der Waals surface area (Å²) in [5.74, 6) is -1.17. The maximum atomic E-state index is 12.8. The van der Waals surface area contributed by atoms with Crippen molar-refractivity contribution in [1.29, 1.82) is 0 Å². The molecule has 0 fully saturated rings. The van der Waals surface area contributed by atoms with Crippen LogP contribution in [0, 0.1) is 0 Å². The number of carbonyl (C=O) groups excluding carboxylic acids is 1. The molecule has 0 saturated heterocycles. The van der Waals surface area contributed by atoms with E-state index in [1.807, 2.05) is 0 Å². The summed E-state index contributed by atoms with van der Waals surface area (Å²) >= 11 is 0. The SMILES string of the molecule is CCOC(=O)c1cc(C(F)F)c(OC)c(OC)n1. The third kappa shape index (κ3) is 2.85. The minimum absolute atomic E-state index is 0.124. The van der Waals surface area contributed by atoms with Crippen LogP contribution in [0.15, 0.2) is 6.07 Å². The van der Waals surface area contributed by atoms with E-state index >= 15 is 0 Å². The predicted octanol–water partition coefficient (Wildman–Crippen LogP) is 2.21. The Bertz CT molecular complexity index is 437. The van der Waals surface area contributed by atoms with E-state index in [0.717, 1.165) is 6.07 Å². The number of esters is 1. The van der Waals surface area contributed by atoms with Crippen molar-refractivity contribution in [3.8, 4) is 11.6 Å². The van der Waals surface area contributed by atoms with E-state index in [1.165, 1.54) is 14.2 Å². The lowest BCUT2D eigenvalue weighted by Crippen LogP contribution is -2.10. The lowest BCUT2D eigenvalue weighted by Gasteiger charge is -2.12. The molecule has 5 nitrogen and oxygen atoms in total. The van der Waals surface area contributed by atoms with Crippen molar-refractivity contribution < 1.29 is 27.8 Å². The van der Waals surface area contributed by atoms with Gasteiger partial charge in [0.1, 0.15) is 0 Å². The molecule has 18 heavy (non-hydrogen) atoms. The van der Waals surface area contributed by atoms with E-state index in [4.69, 9.17) is 14.2 Å². The summed E-state index contributed by atoms with van der Waals surface area (Å²) in [4.78, 5) is 15.2. The van der Waals surface area contributed by atoms with E-state index in [0.29, 0.717) is 0 Å². The molecule has 0 amide bonds. The van der Waals surface area contributed by atoms with Crippen LogP contribution in [-0.4, -0.2) is 31.8 Å². The van der Waals surface area contributed by atoms with Crippen molar-refractivity contribution in [3.63, 3.8) is 0 Å². The molecule has 0 radical (unpaired) electrons. The van der Waals surface area contributed by atoms with Crippen LogP contribution in [-0.2, 0) is 4.74 Å². The zero-order valence-electron chi connectivity index (χ0n) is 10.2. The normalized spacial score (nSPS) is 10.3. The van der Waals surface area contributed by atoms with Crippen molar-refractivity contribution in [2.24, 2.45) is 0 Å². The first-order chi connectivity index (χ1) is 8.54. The van der Waals surface area contributed by atoms with Crippen molar-refractivity contribution >= 4 is 5.97 Å². The van der Waals surface area contributed by atoms with Crippen LogP contribution in [0.1, 0.15) is 29.4 Å². The van der Waals surface area contributed by atoms with Gasteiger partial charge in [0.05, 0.1) is 26.4 Å². The van der Waals surface area contributed by atoms with Gasteiger partial charge in [0.2, 0.25) is 0 Å². The van der Waals surface area contributed by atoms with Crippen LogP contribution in [0.4, 0.5) is 8.78 Å². The summed E-state index contributed by atoms with van der Waals surface area (Å²) in [6.07, 6.45) is -2.81. The summed E-state index contributed by atoms with van der Waals surface area (Å²) < 4.78 is 40.0. The summed E-state index contributed by atoms with van der Waals surface area (Å²) in [5, 5.41) is 0. The first-order valence-electron chi connectivity index (χ1n) is 5.13. The zero-order valence-corrected chi connectivity index (χ0v) is 10.2. The topological polar surface area (TPSA) is 57.7 Å². The van der Waals surface area contributed by atoms with Crippen molar-refractivity contribution in [1.82, 2.24) is 4.98 Å². The van der Waals surface area contributed by atoms with Crippen LogP contribution in [0.5, 0.6) is 11.6 Å². The molecule has 100 valence electrons. The number of methoxy groups -OCH3 is 2. The number of hydrogen-bond acceptors (Lipinski definition) is 5. The Labute approximate surface area is 103 Å². The maximum absolute atomic E-state index is 12.8. The molecule has 0 spiro atoms. The summed E-state index contributed by atoms with van der Waals surface area (Å²) in [6, 6.07) is 0.935. The molecular weight excluding hydrogens is 248 g/mol. The van der Waals surface area contributed by atoms with E-state index in [9.17, 15) is 13.6 Å². The molecule has 0 N–H and O–H groups in total. The molecule has 1 aromatic heterocycles. The number of rotatable bonds is 5. The second kappa shape index (κ2) is 6.13. The highest BCUT2D eigenvalue weighted by molar-refractivity contribution is 5.88. The van der Waals surface area contributed by atoms with E-state index < -0.39 is 18.0 Å². The molecule has 1 heterocycles. The monoisotopic (exact) mass is 261 g/mol. The summed E-state index contributed by atoms with van der Waals surface area (Å²) in [7, 11) is 2.46. The molecule has 0 unspecified atom stereocenters. The third-order valence-electron chi connectivity index (χ3n) is 2.09. The van der Waals surface area contributed by atoms with E-state index in [-0.39, 0.29) is 23.9 Å². The predicted molar refractivity (Wildman–Crippen MR) is 58.3 cm³/mol. The van der Waals surface area contributed by atoms with Crippen molar-refractivity contribution in [2.75, 3.05) is 20.8 Å². The van der Waals surface area contributed by atoms with E-state index in [1.54, 1.807) is 6.92 Å². The Hall–Kier alpha value is -1.92. The minimum atomic E-state index is -2.81. The van der Waals surface area contributed by atoms with Crippen molar-refractivity contribution in [2.45, 2.75) is 13.3 Å². The van der Waals surface area contributed by atoms with Crippen LogP contribution < -0.4 is 9.47 Å². The number of carbonyl (C=O) groups is 1. The van der Waals surface area contributed by atoms with Crippen LogP contribution >= 0.6 is 0 Å². The largest absolute Gasteiger partial charge is 0.491 e. The van der Waals surface area contributed by atoms with Gasteiger partial charge in [-0.25, -0.2) is 18.6 Å². The highest BCUT2D eigenvalue weighted by atomic mass is 19.3. The standard InChI is InChI=1S/C11H13F2NO4/c1-4-18-11(15)7-5-6(9(12)13)8(16-2)10(14-7)17-3/h5,9H,4H2,1-3H3. The van der Waals surface area contributed by atoms with Gasteiger partial charge in [-0.05, 0) is 13.0 Å². The lowest BCUT2D eigenvalue weighted by atomic mass is 10.2. The number of halogens is 2. The second-order valence-corrected chi connectivity index (χ2v) is 3.16. The number of hydrogen-bond donors (Lipinski definition) is 0. The first-order valence-corrected chi connectivity index (χ1v) is 5.13. The molecule has 0 aliphatic heterocycles. The van der Waals surface area contributed by atoms with Crippen LogP contribution in [0.3, 0.4) is 0 Å². The number of pyridine rings is 1. The Kier molecular flexibility index (Phi) is 4.82. The molecule has 0 bridgehead atoms. The summed E-state index contributed by atoms with van der Waals surface area (Å²) in [6.45, 7) is 1.73. The maximum Gasteiger partial charge on any atom is 0.357 e. The molecule has 1 aromatic rings. The molecule has 0 aromatic carbocycles. The summed E-state index contributed by atoms with van der Waals surface area (Å²) in [5.41, 5.74) is -0.711. The Morgan fingerprint density at radius 3 is 2.50 bits per heavy atom. The Morgan fingerprint density at radius 2 is 2.06 bits per heavy atom.